The molecular weight excluding hydrogens is 320 g/mol. The third-order valence-electron chi connectivity index (χ3n) is 3.41. The van der Waals surface area contributed by atoms with Crippen molar-refractivity contribution in [2.24, 2.45) is 0 Å². The van der Waals surface area contributed by atoms with E-state index in [1.165, 1.54) is 12.1 Å². The van der Waals surface area contributed by atoms with E-state index in [9.17, 15) is 18.0 Å². The second-order valence-electron chi connectivity index (χ2n) is 5.06. The topological polar surface area (TPSA) is 108 Å². The molecule has 0 unspecified atom stereocenters. The summed E-state index contributed by atoms with van der Waals surface area (Å²) in [5.74, 6) is -0.284. The maximum absolute atomic E-state index is 12.0. The van der Waals surface area contributed by atoms with Gasteiger partial charge in [0.1, 0.15) is 0 Å². The summed E-state index contributed by atoms with van der Waals surface area (Å²) in [7, 11) is -3.33. The zero-order valence-electron chi connectivity index (χ0n) is 12.8. The van der Waals surface area contributed by atoms with E-state index in [2.05, 4.69) is 15.4 Å². The minimum atomic E-state index is -3.33. The lowest BCUT2D eigenvalue weighted by Gasteiger charge is -2.14. The molecule has 0 saturated carbocycles. The van der Waals surface area contributed by atoms with Crippen LogP contribution in [0.1, 0.15) is 17.3 Å². The molecule has 1 heterocycles. The highest BCUT2D eigenvalue weighted by Crippen LogP contribution is 2.11. The highest BCUT2D eigenvalue weighted by atomic mass is 32.2. The first kappa shape index (κ1) is 17.1. The lowest BCUT2D eigenvalue weighted by Crippen LogP contribution is -2.36. The Morgan fingerprint density at radius 3 is 2.57 bits per heavy atom. The fourth-order valence-electron chi connectivity index (χ4n) is 2.07. The van der Waals surface area contributed by atoms with Crippen molar-refractivity contribution in [2.45, 2.75) is 6.92 Å². The van der Waals surface area contributed by atoms with Gasteiger partial charge in [-0.15, -0.1) is 0 Å². The Bertz CT molecular complexity index is 673. The number of hydrogen-bond acceptors (Lipinski definition) is 4. The maximum atomic E-state index is 12.0. The van der Waals surface area contributed by atoms with Crippen molar-refractivity contribution < 1.29 is 18.0 Å². The summed E-state index contributed by atoms with van der Waals surface area (Å²) < 4.78 is 25.3. The number of nitrogens with one attached hydrogen (secondary N) is 3. The first-order valence-corrected chi connectivity index (χ1v) is 8.98. The van der Waals surface area contributed by atoms with E-state index >= 15 is 0 Å². The van der Waals surface area contributed by atoms with Crippen LogP contribution in [0.15, 0.2) is 24.3 Å². The lowest BCUT2D eigenvalue weighted by molar-refractivity contribution is 0.0950. The number of benzene rings is 1. The van der Waals surface area contributed by atoms with Crippen molar-refractivity contribution in [3.63, 3.8) is 0 Å². The molecule has 0 radical (unpaired) electrons. The molecule has 3 N–H and O–H groups in total. The van der Waals surface area contributed by atoms with Gasteiger partial charge in [0.05, 0.1) is 5.75 Å². The molecule has 126 valence electrons. The average molecular weight is 340 g/mol. The Morgan fingerprint density at radius 1 is 1.30 bits per heavy atom. The third kappa shape index (κ3) is 4.85. The average Bonchev–Trinajstić information content (AvgIpc) is 2.93. The summed E-state index contributed by atoms with van der Waals surface area (Å²) in [5.41, 5.74) is 0.840. The van der Waals surface area contributed by atoms with Gasteiger partial charge in [-0.2, -0.15) is 0 Å². The van der Waals surface area contributed by atoms with E-state index in [1.807, 2.05) is 0 Å². The number of hydrogen-bond donors (Lipinski definition) is 3. The summed E-state index contributed by atoms with van der Waals surface area (Å²) in [5, 5.41) is 5.41. The van der Waals surface area contributed by atoms with E-state index in [1.54, 1.807) is 24.0 Å². The minimum absolute atomic E-state index is 0.0146. The van der Waals surface area contributed by atoms with E-state index in [-0.39, 0.29) is 17.7 Å². The molecule has 0 spiro atoms. The molecule has 0 atom stereocenters. The quantitative estimate of drug-likeness (QED) is 0.659. The summed E-state index contributed by atoms with van der Waals surface area (Å²) in [4.78, 5) is 25.0. The summed E-state index contributed by atoms with van der Waals surface area (Å²) >= 11 is 0. The van der Waals surface area contributed by atoms with Crippen LogP contribution in [-0.2, 0) is 10.0 Å². The van der Waals surface area contributed by atoms with E-state index < -0.39 is 10.0 Å². The predicted molar refractivity (Wildman–Crippen MR) is 86.8 cm³/mol. The maximum Gasteiger partial charge on any atom is 0.317 e. The molecule has 1 fully saturated rings. The molecule has 1 aromatic rings. The van der Waals surface area contributed by atoms with Gasteiger partial charge < -0.3 is 15.5 Å². The van der Waals surface area contributed by atoms with Crippen LogP contribution < -0.4 is 15.4 Å². The van der Waals surface area contributed by atoms with Gasteiger partial charge in [0, 0.05) is 37.4 Å². The Hall–Kier alpha value is -2.29. The van der Waals surface area contributed by atoms with Gasteiger partial charge in [-0.1, -0.05) is 0 Å². The Kier molecular flexibility index (Phi) is 5.43. The van der Waals surface area contributed by atoms with Crippen LogP contribution in [0.5, 0.6) is 0 Å². The highest BCUT2D eigenvalue weighted by Gasteiger charge is 2.18. The molecule has 8 nitrogen and oxygen atoms in total. The van der Waals surface area contributed by atoms with Crippen LogP contribution in [0.3, 0.4) is 0 Å². The van der Waals surface area contributed by atoms with Crippen LogP contribution in [-0.4, -0.2) is 57.2 Å². The molecule has 2 rings (SSSR count). The number of nitrogens with zero attached hydrogens (tertiary/aromatic N) is 1. The number of amides is 3. The highest BCUT2D eigenvalue weighted by molar-refractivity contribution is 7.92. The van der Waals surface area contributed by atoms with Gasteiger partial charge >= 0.3 is 6.03 Å². The van der Waals surface area contributed by atoms with E-state index in [0.29, 0.717) is 37.4 Å². The predicted octanol–water partition coefficient (Wildman–Crippen LogP) is 0.203. The third-order valence-corrected chi connectivity index (χ3v) is 4.72. The van der Waals surface area contributed by atoms with Crippen LogP contribution in [0.2, 0.25) is 0 Å². The van der Waals surface area contributed by atoms with Gasteiger partial charge in [0.25, 0.3) is 5.91 Å². The first-order valence-electron chi connectivity index (χ1n) is 7.33. The molecule has 0 aliphatic carbocycles. The molecule has 3 amide bonds. The largest absolute Gasteiger partial charge is 0.350 e. The zero-order chi connectivity index (χ0) is 16.9. The summed E-state index contributed by atoms with van der Waals surface area (Å²) in [6.07, 6.45) is 0. The van der Waals surface area contributed by atoms with Crippen molar-refractivity contribution in [1.29, 1.82) is 0 Å². The smallest absolute Gasteiger partial charge is 0.317 e. The molecule has 1 aromatic carbocycles. The van der Waals surface area contributed by atoms with Gasteiger partial charge in [-0.25, -0.2) is 13.2 Å². The van der Waals surface area contributed by atoms with Gasteiger partial charge in [-0.05, 0) is 31.2 Å². The van der Waals surface area contributed by atoms with Crippen LogP contribution in [0.4, 0.5) is 10.5 Å². The van der Waals surface area contributed by atoms with Crippen LogP contribution in [0, 0.1) is 0 Å². The molecule has 1 aliphatic rings. The van der Waals surface area contributed by atoms with E-state index in [4.69, 9.17) is 0 Å². The van der Waals surface area contributed by atoms with Crippen molar-refractivity contribution in [1.82, 2.24) is 15.5 Å². The Morgan fingerprint density at radius 2 is 2.00 bits per heavy atom. The summed E-state index contributed by atoms with van der Waals surface area (Å²) in [6.45, 7) is 3.62. The van der Waals surface area contributed by atoms with Crippen molar-refractivity contribution in [3.05, 3.63) is 29.8 Å². The molecule has 1 aliphatic heterocycles. The molecule has 0 bridgehead atoms. The fraction of sp³-hybridized carbons (Fsp3) is 0.429. The number of urea groups is 1. The first-order chi connectivity index (χ1) is 10.9. The molecule has 9 heteroatoms. The second kappa shape index (κ2) is 7.32. The Labute approximate surface area is 135 Å². The zero-order valence-corrected chi connectivity index (χ0v) is 13.6. The van der Waals surface area contributed by atoms with Crippen molar-refractivity contribution in [3.8, 4) is 0 Å². The van der Waals surface area contributed by atoms with Crippen molar-refractivity contribution >= 4 is 27.6 Å². The number of sulfonamides is 1. The minimum Gasteiger partial charge on any atom is -0.350 e. The standard InChI is InChI=1S/C14H20N4O4S/c1-2-23(21,22)17-12-5-3-11(4-6-12)13(19)15-7-9-18-10-8-16-14(18)20/h3-6,17H,2,7-10H2,1H3,(H,15,19)(H,16,20). The SMILES string of the molecule is CCS(=O)(=O)Nc1ccc(C(=O)NCCN2CCNC2=O)cc1. The second-order valence-corrected chi connectivity index (χ2v) is 7.07. The van der Waals surface area contributed by atoms with Gasteiger partial charge in [-0.3, -0.25) is 9.52 Å². The van der Waals surface area contributed by atoms with Crippen LogP contribution in [0.25, 0.3) is 0 Å². The van der Waals surface area contributed by atoms with Crippen molar-refractivity contribution in [2.75, 3.05) is 36.7 Å². The number of rotatable bonds is 7. The van der Waals surface area contributed by atoms with Gasteiger partial charge in [0.2, 0.25) is 10.0 Å². The lowest BCUT2D eigenvalue weighted by atomic mass is 10.2. The van der Waals surface area contributed by atoms with Gasteiger partial charge in [0.15, 0.2) is 0 Å². The van der Waals surface area contributed by atoms with Crippen LogP contribution >= 0.6 is 0 Å². The number of carbonyl (C=O) groups is 2. The Balaban J connectivity index is 1.84. The molecule has 23 heavy (non-hydrogen) atoms. The molecule has 1 saturated heterocycles. The monoisotopic (exact) mass is 340 g/mol. The fourth-order valence-corrected chi connectivity index (χ4v) is 2.71. The molecule has 0 aromatic heterocycles. The molecular formula is C14H20N4O4S. The number of carbonyl (C=O) groups excluding carboxylic acids is 2. The van der Waals surface area contributed by atoms with E-state index in [0.717, 1.165) is 0 Å². The normalized spacial score (nSPS) is 14.5. The number of anilines is 1. The summed E-state index contributed by atoms with van der Waals surface area (Å²) in [6, 6.07) is 6.05.